The predicted octanol–water partition coefficient (Wildman–Crippen LogP) is 3.46. The maximum atomic E-state index is 12.8. The molecule has 1 fully saturated rings. The summed E-state index contributed by atoms with van der Waals surface area (Å²) in [5.74, 6) is -4.18. The zero-order valence-corrected chi connectivity index (χ0v) is 16.0. The van der Waals surface area contributed by atoms with E-state index < -0.39 is 26.4 Å². The average Bonchev–Trinajstić information content (AvgIpc) is 3.13. The standard InChI is InChI=1S/C20H18F2N2O4S/c21-20(22)29(27,28)17-5-2-1-4-16(17)23-18(25)12-9-14-7-10-15(11-8-14)24-13-3-6-19(24)26/h1-2,4-5,7-12,20H,3,6,13H2,(H,23,25). The van der Waals surface area contributed by atoms with Crippen molar-refractivity contribution in [2.24, 2.45) is 0 Å². The SMILES string of the molecule is O=C(C=Cc1ccc(N2CCCC2=O)cc1)Nc1ccccc1S(=O)(=O)C(F)F. The van der Waals surface area contributed by atoms with Crippen LogP contribution in [0.25, 0.3) is 6.08 Å². The highest BCUT2D eigenvalue weighted by atomic mass is 32.2. The molecule has 2 aromatic carbocycles. The molecule has 1 aliphatic heterocycles. The molecule has 3 rings (SSSR count). The lowest BCUT2D eigenvalue weighted by Crippen LogP contribution is -2.23. The van der Waals surface area contributed by atoms with Gasteiger partial charge in [-0.05, 0) is 42.3 Å². The quantitative estimate of drug-likeness (QED) is 0.726. The van der Waals surface area contributed by atoms with Crippen LogP contribution in [-0.4, -0.2) is 32.5 Å². The van der Waals surface area contributed by atoms with Crippen molar-refractivity contribution in [2.45, 2.75) is 23.5 Å². The molecule has 0 atom stereocenters. The molecule has 1 aliphatic rings. The van der Waals surface area contributed by atoms with Gasteiger partial charge in [-0.25, -0.2) is 8.42 Å². The fourth-order valence-corrected chi connectivity index (χ4v) is 3.83. The van der Waals surface area contributed by atoms with Gasteiger partial charge in [0.15, 0.2) is 0 Å². The molecule has 29 heavy (non-hydrogen) atoms. The first-order chi connectivity index (χ1) is 13.8. The molecule has 0 bridgehead atoms. The van der Waals surface area contributed by atoms with Gasteiger partial charge < -0.3 is 10.2 Å². The number of carbonyl (C=O) groups is 2. The van der Waals surface area contributed by atoms with E-state index in [0.29, 0.717) is 18.5 Å². The molecule has 0 aromatic heterocycles. The lowest BCUT2D eigenvalue weighted by atomic mass is 10.2. The van der Waals surface area contributed by atoms with Crippen LogP contribution in [0.1, 0.15) is 18.4 Å². The molecular weight excluding hydrogens is 402 g/mol. The summed E-state index contributed by atoms with van der Waals surface area (Å²) in [7, 11) is -4.84. The normalized spacial score (nSPS) is 14.7. The Bertz CT molecular complexity index is 1050. The van der Waals surface area contributed by atoms with E-state index in [1.165, 1.54) is 30.4 Å². The second-order valence-corrected chi connectivity index (χ2v) is 8.25. The summed E-state index contributed by atoms with van der Waals surface area (Å²) < 4.78 is 49.1. The fraction of sp³-hybridized carbons (Fsp3) is 0.200. The van der Waals surface area contributed by atoms with E-state index in [2.05, 4.69) is 5.32 Å². The number of carbonyl (C=O) groups excluding carboxylic acids is 2. The number of amides is 2. The summed E-state index contributed by atoms with van der Waals surface area (Å²) in [6.07, 6.45) is 4.02. The molecule has 152 valence electrons. The Hall–Kier alpha value is -3.07. The first-order valence-corrected chi connectivity index (χ1v) is 10.3. The van der Waals surface area contributed by atoms with Gasteiger partial charge in [-0.2, -0.15) is 8.78 Å². The van der Waals surface area contributed by atoms with Crippen LogP contribution in [0.2, 0.25) is 0 Å². The van der Waals surface area contributed by atoms with Crippen molar-refractivity contribution in [3.05, 3.63) is 60.2 Å². The van der Waals surface area contributed by atoms with E-state index in [1.54, 1.807) is 29.2 Å². The van der Waals surface area contributed by atoms with Gasteiger partial charge in [0.25, 0.3) is 0 Å². The number of halogens is 2. The van der Waals surface area contributed by atoms with Crippen LogP contribution in [0, 0.1) is 0 Å². The van der Waals surface area contributed by atoms with Gasteiger partial charge in [-0.3, -0.25) is 9.59 Å². The number of sulfone groups is 1. The monoisotopic (exact) mass is 420 g/mol. The second-order valence-electron chi connectivity index (χ2n) is 6.36. The van der Waals surface area contributed by atoms with Gasteiger partial charge in [0.05, 0.1) is 10.6 Å². The first kappa shape index (κ1) is 20.7. The van der Waals surface area contributed by atoms with Crippen molar-refractivity contribution in [1.82, 2.24) is 0 Å². The van der Waals surface area contributed by atoms with E-state index in [1.807, 2.05) is 0 Å². The van der Waals surface area contributed by atoms with Gasteiger partial charge in [-0.15, -0.1) is 0 Å². The van der Waals surface area contributed by atoms with Crippen LogP contribution < -0.4 is 10.2 Å². The largest absolute Gasteiger partial charge is 0.341 e. The number of hydrogen-bond acceptors (Lipinski definition) is 4. The Morgan fingerprint density at radius 2 is 1.79 bits per heavy atom. The number of benzene rings is 2. The summed E-state index contributed by atoms with van der Waals surface area (Å²) in [5.41, 5.74) is 1.25. The third kappa shape index (κ3) is 4.68. The molecule has 6 nitrogen and oxygen atoms in total. The highest BCUT2D eigenvalue weighted by Gasteiger charge is 2.29. The van der Waals surface area contributed by atoms with E-state index in [4.69, 9.17) is 0 Å². The van der Waals surface area contributed by atoms with Crippen molar-refractivity contribution in [1.29, 1.82) is 0 Å². The summed E-state index contributed by atoms with van der Waals surface area (Å²) in [6.45, 7) is 0.678. The molecule has 0 unspecified atom stereocenters. The molecule has 1 N–H and O–H groups in total. The number of alkyl halides is 2. The zero-order valence-electron chi connectivity index (χ0n) is 15.2. The van der Waals surface area contributed by atoms with Gasteiger partial charge in [0.1, 0.15) is 0 Å². The average molecular weight is 420 g/mol. The van der Waals surface area contributed by atoms with Crippen molar-refractivity contribution in [2.75, 3.05) is 16.8 Å². The number of rotatable bonds is 6. The van der Waals surface area contributed by atoms with E-state index in [9.17, 15) is 26.8 Å². The Kier molecular flexibility index (Phi) is 6.07. The molecular formula is C20H18F2N2O4S. The van der Waals surface area contributed by atoms with Crippen molar-refractivity contribution < 1.29 is 26.8 Å². The first-order valence-electron chi connectivity index (χ1n) is 8.79. The van der Waals surface area contributed by atoms with Crippen LogP contribution in [0.3, 0.4) is 0 Å². The van der Waals surface area contributed by atoms with Crippen LogP contribution in [0.4, 0.5) is 20.2 Å². The topological polar surface area (TPSA) is 83.6 Å². The van der Waals surface area contributed by atoms with E-state index >= 15 is 0 Å². The molecule has 2 amide bonds. The van der Waals surface area contributed by atoms with E-state index in [0.717, 1.165) is 18.2 Å². The maximum Gasteiger partial charge on any atom is 0.341 e. The summed E-state index contributed by atoms with van der Waals surface area (Å²) in [4.78, 5) is 24.9. The lowest BCUT2D eigenvalue weighted by Gasteiger charge is -2.15. The number of para-hydroxylation sites is 1. The second kappa shape index (κ2) is 8.52. The van der Waals surface area contributed by atoms with Crippen molar-refractivity contribution >= 4 is 39.1 Å². The molecule has 0 saturated carbocycles. The predicted molar refractivity (Wildman–Crippen MR) is 105 cm³/mol. The number of hydrogen-bond donors (Lipinski definition) is 1. The van der Waals surface area contributed by atoms with E-state index in [-0.39, 0.29) is 11.6 Å². The van der Waals surface area contributed by atoms with Gasteiger partial charge in [0.2, 0.25) is 21.7 Å². The minimum atomic E-state index is -4.84. The molecule has 0 radical (unpaired) electrons. The highest BCUT2D eigenvalue weighted by Crippen LogP contribution is 2.26. The minimum Gasteiger partial charge on any atom is -0.321 e. The molecule has 1 saturated heterocycles. The van der Waals surface area contributed by atoms with Crippen molar-refractivity contribution in [3.63, 3.8) is 0 Å². The van der Waals surface area contributed by atoms with Crippen LogP contribution in [0.15, 0.2) is 59.5 Å². The van der Waals surface area contributed by atoms with Crippen LogP contribution in [0.5, 0.6) is 0 Å². The molecule has 0 aliphatic carbocycles. The third-order valence-corrected chi connectivity index (χ3v) is 5.83. The minimum absolute atomic E-state index is 0.0742. The molecule has 9 heteroatoms. The fourth-order valence-electron chi connectivity index (χ4n) is 2.95. The van der Waals surface area contributed by atoms with Crippen molar-refractivity contribution in [3.8, 4) is 0 Å². The van der Waals surface area contributed by atoms with Gasteiger partial charge in [0, 0.05) is 24.7 Å². The Balaban J connectivity index is 1.70. The lowest BCUT2D eigenvalue weighted by molar-refractivity contribution is -0.117. The zero-order chi connectivity index (χ0) is 21.0. The Labute approximate surface area is 166 Å². The third-order valence-electron chi connectivity index (χ3n) is 4.39. The summed E-state index contributed by atoms with van der Waals surface area (Å²) in [6, 6.07) is 12.0. The Morgan fingerprint density at radius 1 is 1.10 bits per heavy atom. The van der Waals surface area contributed by atoms with Crippen LogP contribution >= 0.6 is 0 Å². The number of anilines is 2. The summed E-state index contributed by atoms with van der Waals surface area (Å²) >= 11 is 0. The highest BCUT2D eigenvalue weighted by molar-refractivity contribution is 7.91. The smallest absolute Gasteiger partial charge is 0.321 e. The van der Waals surface area contributed by atoms with Gasteiger partial charge in [-0.1, -0.05) is 24.3 Å². The maximum absolute atomic E-state index is 12.8. The molecule has 2 aromatic rings. The molecule has 0 spiro atoms. The summed E-state index contributed by atoms with van der Waals surface area (Å²) in [5, 5.41) is 2.31. The molecule has 1 heterocycles. The number of nitrogens with one attached hydrogen (secondary N) is 1. The number of nitrogens with zero attached hydrogens (tertiary/aromatic N) is 1. The van der Waals surface area contributed by atoms with Gasteiger partial charge >= 0.3 is 5.76 Å². The Morgan fingerprint density at radius 3 is 2.41 bits per heavy atom. The van der Waals surface area contributed by atoms with Crippen LogP contribution in [-0.2, 0) is 19.4 Å².